The van der Waals surface area contributed by atoms with E-state index in [2.05, 4.69) is 27.3 Å². The van der Waals surface area contributed by atoms with Crippen LogP contribution in [0.3, 0.4) is 0 Å². The van der Waals surface area contributed by atoms with Crippen molar-refractivity contribution >= 4 is 16.9 Å². The van der Waals surface area contributed by atoms with Crippen LogP contribution in [0.15, 0.2) is 83.7 Å². The molecule has 3 aromatic carbocycles. The molecule has 4 aromatic rings. The van der Waals surface area contributed by atoms with E-state index >= 15 is 0 Å². The Kier molecular flexibility index (Phi) is 6.77. The second-order valence-electron chi connectivity index (χ2n) is 9.29. The van der Waals surface area contributed by atoms with Crippen molar-refractivity contribution in [2.45, 2.75) is 32.0 Å². The number of piperidine rings is 1. The molecule has 6 nitrogen and oxygen atoms in total. The van der Waals surface area contributed by atoms with Crippen LogP contribution >= 0.6 is 0 Å². The molecule has 7 heteroatoms. The predicted octanol–water partition coefficient (Wildman–Crippen LogP) is 4.18. The van der Waals surface area contributed by atoms with Gasteiger partial charge in [-0.25, -0.2) is 9.18 Å². The lowest BCUT2D eigenvalue weighted by molar-refractivity contribution is 0.0805. The van der Waals surface area contributed by atoms with E-state index in [0.717, 1.165) is 37.0 Å². The second kappa shape index (κ2) is 10.3. The zero-order valence-electron chi connectivity index (χ0n) is 19.5. The van der Waals surface area contributed by atoms with Gasteiger partial charge in [0.25, 0.3) is 5.91 Å². The zero-order chi connectivity index (χ0) is 24.2. The largest absolute Gasteiger partial charge is 0.350 e. The Labute approximate surface area is 203 Å². The van der Waals surface area contributed by atoms with Crippen molar-refractivity contribution in [3.05, 3.63) is 106 Å². The quantitative estimate of drug-likeness (QED) is 0.424. The monoisotopic (exact) mass is 472 g/mol. The third-order valence-corrected chi connectivity index (χ3v) is 6.87. The third-order valence-electron chi connectivity index (χ3n) is 6.87. The number of carbonyl (C=O) groups is 1. The van der Waals surface area contributed by atoms with E-state index in [1.807, 2.05) is 47.0 Å². The number of hydrogen-bond acceptors (Lipinski definition) is 3. The minimum atomic E-state index is -0.358. The summed E-state index contributed by atoms with van der Waals surface area (Å²) in [5.74, 6) is -0.236. The van der Waals surface area contributed by atoms with Gasteiger partial charge in [0, 0.05) is 37.8 Å². The lowest BCUT2D eigenvalue weighted by atomic mass is 9.91. The molecular formula is C28H29FN4O2. The molecule has 0 radical (unpaired) electrons. The van der Waals surface area contributed by atoms with Crippen LogP contribution in [0.5, 0.6) is 0 Å². The van der Waals surface area contributed by atoms with Gasteiger partial charge in [0.05, 0.1) is 11.0 Å². The maximum Gasteiger partial charge on any atom is 0.326 e. The standard InChI is InChI=1S/C28H29FN4O2/c29-23-13-11-22(12-14-23)27(34)30-16-24-15-10-21(18-32(24)17-20-6-2-1-3-7-20)19-33-26-9-5-4-8-25(26)31-28(33)35/h1-9,11-14,21,24H,10,15-19H2,(H,30,34)(H,31,35)/t21-,24+/m1/s1. The van der Waals surface area contributed by atoms with E-state index < -0.39 is 0 Å². The first-order valence-electron chi connectivity index (χ1n) is 12.1. The first-order chi connectivity index (χ1) is 17.1. The van der Waals surface area contributed by atoms with Crippen LogP contribution in [-0.4, -0.2) is 39.5 Å². The van der Waals surface area contributed by atoms with Crippen molar-refractivity contribution in [1.82, 2.24) is 19.8 Å². The molecule has 1 amide bonds. The van der Waals surface area contributed by atoms with Gasteiger partial charge in [-0.2, -0.15) is 0 Å². The fraction of sp³-hybridized carbons (Fsp3) is 0.286. The zero-order valence-corrected chi connectivity index (χ0v) is 19.5. The molecule has 1 aromatic heterocycles. The van der Waals surface area contributed by atoms with Gasteiger partial charge in [-0.05, 0) is 60.7 Å². The van der Waals surface area contributed by atoms with Gasteiger partial charge in [-0.1, -0.05) is 42.5 Å². The molecule has 0 saturated carbocycles. The maximum absolute atomic E-state index is 13.2. The number of benzene rings is 3. The molecule has 2 heterocycles. The lowest BCUT2D eigenvalue weighted by Crippen LogP contribution is -2.49. The number of fused-ring (bicyclic) bond motifs is 1. The Morgan fingerprint density at radius 3 is 2.51 bits per heavy atom. The Morgan fingerprint density at radius 1 is 0.971 bits per heavy atom. The number of aromatic nitrogens is 2. The van der Waals surface area contributed by atoms with Gasteiger partial charge in [0.15, 0.2) is 0 Å². The van der Waals surface area contributed by atoms with Crippen molar-refractivity contribution in [3.8, 4) is 0 Å². The maximum atomic E-state index is 13.2. The number of nitrogens with one attached hydrogen (secondary N) is 2. The number of carbonyl (C=O) groups excluding carboxylic acids is 1. The summed E-state index contributed by atoms with van der Waals surface area (Å²) in [5, 5.41) is 3.03. The lowest BCUT2D eigenvalue weighted by Gasteiger charge is -2.40. The highest BCUT2D eigenvalue weighted by atomic mass is 19.1. The molecule has 0 spiro atoms. The van der Waals surface area contributed by atoms with Gasteiger partial charge in [-0.15, -0.1) is 0 Å². The number of para-hydroxylation sites is 2. The number of imidazole rings is 1. The fourth-order valence-electron chi connectivity index (χ4n) is 5.03. The number of H-pyrrole nitrogens is 1. The van der Waals surface area contributed by atoms with E-state index in [1.54, 1.807) is 0 Å². The molecule has 1 saturated heterocycles. The molecular weight excluding hydrogens is 443 g/mol. The molecule has 1 aliphatic rings. The number of halogens is 1. The highest BCUT2D eigenvalue weighted by Crippen LogP contribution is 2.26. The van der Waals surface area contributed by atoms with E-state index in [1.165, 1.54) is 29.8 Å². The summed E-state index contributed by atoms with van der Waals surface area (Å²) in [5.41, 5.74) is 3.38. The Hall–Kier alpha value is -3.71. The topological polar surface area (TPSA) is 70.1 Å². The summed E-state index contributed by atoms with van der Waals surface area (Å²) in [6.07, 6.45) is 1.88. The number of rotatable bonds is 7. The first kappa shape index (κ1) is 23.1. The van der Waals surface area contributed by atoms with Crippen LogP contribution in [0.1, 0.15) is 28.8 Å². The van der Waals surface area contributed by atoms with E-state index in [0.29, 0.717) is 24.6 Å². The Morgan fingerprint density at radius 2 is 1.71 bits per heavy atom. The smallest absolute Gasteiger partial charge is 0.326 e. The molecule has 1 aliphatic heterocycles. The average molecular weight is 473 g/mol. The van der Waals surface area contributed by atoms with Gasteiger partial charge in [-0.3, -0.25) is 14.3 Å². The summed E-state index contributed by atoms with van der Waals surface area (Å²) in [6, 6.07) is 23.9. The molecule has 0 aliphatic carbocycles. The number of amides is 1. The molecule has 0 unspecified atom stereocenters. The number of aromatic amines is 1. The van der Waals surface area contributed by atoms with Crippen LogP contribution in [0, 0.1) is 11.7 Å². The van der Waals surface area contributed by atoms with Crippen molar-refractivity contribution < 1.29 is 9.18 Å². The van der Waals surface area contributed by atoms with Crippen LogP contribution in [0.4, 0.5) is 4.39 Å². The molecule has 2 atom stereocenters. The molecule has 0 bridgehead atoms. The first-order valence-corrected chi connectivity index (χ1v) is 12.1. The van der Waals surface area contributed by atoms with Crippen molar-refractivity contribution in [1.29, 1.82) is 0 Å². The summed E-state index contributed by atoms with van der Waals surface area (Å²) in [4.78, 5) is 30.6. The van der Waals surface area contributed by atoms with Gasteiger partial charge < -0.3 is 10.3 Å². The molecule has 2 N–H and O–H groups in total. The fourth-order valence-corrected chi connectivity index (χ4v) is 5.03. The second-order valence-corrected chi connectivity index (χ2v) is 9.29. The van der Waals surface area contributed by atoms with Crippen molar-refractivity contribution in [2.24, 2.45) is 5.92 Å². The van der Waals surface area contributed by atoms with E-state index in [9.17, 15) is 14.0 Å². The summed E-state index contributed by atoms with van der Waals surface area (Å²) < 4.78 is 15.1. The Balaban J connectivity index is 1.30. The number of hydrogen-bond donors (Lipinski definition) is 2. The van der Waals surface area contributed by atoms with Gasteiger partial charge in [0.1, 0.15) is 5.82 Å². The molecule has 180 valence electrons. The van der Waals surface area contributed by atoms with E-state index in [4.69, 9.17) is 0 Å². The minimum Gasteiger partial charge on any atom is -0.350 e. The summed E-state index contributed by atoms with van der Waals surface area (Å²) in [7, 11) is 0. The number of nitrogens with zero attached hydrogens (tertiary/aromatic N) is 2. The highest BCUT2D eigenvalue weighted by molar-refractivity contribution is 5.94. The van der Waals surface area contributed by atoms with Crippen molar-refractivity contribution in [2.75, 3.05) is 13.1 Å². The highest BCUT2D eigenvalue weighted by Gasteiger charge is 2.29. The SMILES string of the molecule is O=C(NC[C@@H]1CC[C@@H](Cn2c(=O)[nH]c3ccccc32)CN1Cc1ccccc1)c1ccc(F)cc1. The molecule has 1 fully saturated rings. The average Bonchev–Trinajstić information content (AvgIpc) is 3.19. The molecule has 35 heavy (non-hydrogen) atoms. The minimum absolute atomic E-state index is 0.0745. The number of likely N-dealkylation sites (tertiary alicyclic amines) is 1. The predicted molar refractivity (Wildman–Crippen MR) is 135 cm³/mol. The third kappa shape index (κ3) is 5.35. The van der Waals surface area contributed by atoms with Gasteiger partial charge in [0.2, 0.25) is 0 Å². The van der Waals surface area contributed by atoms with Crippen LogP contribution in [0.2, 0.25) is 0 Å². The summed E-state index contributed by atoms with van der Waals surface area (Å²) >= 11 is 0. The normalized spacial score (nSPS) is 18.5. The van der Waals surface area contributed by atoms with Gasteiger partial charge >= 0.3 is 5.69 Å². The van der Waals surface area contributed by atoms with Crippen LogP contribution in [-0.2, 0) is 13.1 Å². The Bertz CT molecular complexity index is 1350. The summed E-state index contributed by atoms with van der Waals surface area (Å²) in [6.45, 7) is 2.78. The van der Waals surface area contributed by atoms with E-state index in [-0.39, 0.29) is 23.5 Å². The van der Waals surface area contributed by atoms with Crippen molar-refractivity contribution in [3.63, 3.8) is 0 Å². The molecule has 5 rings (SSSR count). The van der Waals surface area contributed by atoms with Crippen LogP contribution in [0.25, 0.3) is 11.0 Å². The van der Waals surface area contributed by atoms with Crippen LogP contribution < -0.4 is 11.0 Å².